The van der Waals surface area contributed by atoms with Crippen LogP contribution in [0.4, 0.5) is 0 Å². The highest BCUT2D eigenvalue weighted by Gasteiger charge is 2.38. The minimum Gasteiger partial charge on any atom is -0.378 e. The summed E-state index contributed by atoms with van der Waals surface area (Å²) in [5, 5.41) is 6.83. The summed E-state index contributed by atoms with van der Waals surface area (Å²) in [5.74, 6) is 0. The van der Waals surface area contributed by atoms with Crippen LogP contribution in [0, 0.1) is 6.92 Å². The topological polar surface area (TPSA) is 34.2 Å². The largest absolute Gasteiger partial charge is 0.378 e. The molecule has 0 radical (unpaired) electrons. The molecule has 0 aliphatic carbocycles. The summed E-state index contributed by atoms with van der Waals surface area (Å²) in [6.45, 7) is 5.07. The van der Waals surface area contributed by atoms with E-state index in [0.717, 1.165) is 31.6 Å². The number of aromatic nitrogens is 1. The van der Waals surface area contributed by atoms with E-state index in [4.69, 9.17) is 4.74 Å². The first-order chi connectivity index (χ1) is 7.70. The van der Waals surface area contributed by atoms with Crippen LogP contribution in [0.25, 0.3) is 0 Å². The van der Waals surface area contributed by atoms with Gasteiger partial charge in [-0.2, -0.15) is 0 Å². The molecule has 1 saturated heterocycles. The summed E-state index contributed by atoms with van der Waals surface area (Å²) >= 11 is 1.76. The Bertz CT molecular complexity index is 353. The molecule has 16 heavy (non-hydrogen) atoms. The molecule has 1 aliphatic rings. The molecule has 1 N–H and O–H groups in total. The molecule has 3 nitrogen and oxygen atoms in total. The van der Waals surface area contributed by atoms with E-state index < -0.39 is 0 Å². The zero-order chi connectivity index (χ0) is 11.6. The van der Waals surface area contributed by atoms with Gasteiger partial charge in [0.2, 0.25) is 0 Å². The fourth-order valence-electron chi connectivity index (χ4n) is 2.31. The number of aryl methyl sites for hydroxylation is 1. The monoisotopic (exact) mass is 240 g/mol. The van der Waals surface area contributed by atoms with Crippen molar-refractivity contribution in [3.8, 4) is 0 Å². The molecule has 90 valence electrons. The van der Waals surface area contributed by atoms with Gasteiger partial charge in [0.1, 0.15) is 5.01 Å². The first kappa shape index (κ1) is 12.0. The average molecular weight is 240 g/mol. The van der Waals surface area contributed by atoms with Crippen molar-refractivity contribution in [2.45, 2.75) is 44.8 Å². The van der Waals surface area contributed by atoms with Gasteiger partial charge in [0.15, 0.2) is 0 Å². The maximum Gasteiger partial charge on any atom is 0.113 e. The molecule has 0 aromatic carbocycles. The van der Waals surface area contributed by atoms with Crippen LogP contribution in [0.2, 0.25) is 0 Å². The smallest absolute Gasteiger partial charge is 0.113 e. The molecule has 0 spiro atoms. The van der Waals surface area contributed by atoms with Crippen LogP contribution in [0.5, 0.6) is 0 Å². The fraction of sp³-hybridized carbons (Fsp3) is 0.750. The number of rotatable bonds is 3. The first-order valence-corrected chi connectivity index (χ1v) is 6.81. The van der Waals surface area contributed by atoms with Crippen LogP contribution in [0.3, 0.4) is 0 Å². The molecule has 1 aromatic rings. The van der Waals surface area contributed by atoms with E-state index in [1.807, 2.05) is 7.05 Å². The Morgan fingerprint density at radius 2 is 2.50 bits per heavy atom. The van der Waals surface area contributed by atoms with Crippen molar-refractivity contribution in [1.29, 1.82) is 0 Å². The highest BCUT2D eigenvalue weighted by molar-refractivity contribution is 7.09. The molecular formula is C12H20N2OS. The molecule has 1 aromatic heterocycles. The van der Waals surface area contributed by atoms with Crippen LogP contribution in [-0.4, -0.2) is 24.7 Å². The van der Waals surface area contributed by atoms with E-state index in [0.29, 0.717) is 6.10 Å². The summed E-state index contributed by atoms with van der Waals surface area (Å²) in [6, 6.07) is 0. The third-order valence-corrected chi connectivity index (χ3v) is 4.59. The molecule has 1 aliphatic heterocycles. The Hall–Kier alpha value is -0.450. The van der Waals surface area contributed by atoms with Crippen molar-refractivity contribution in [3.63, 3.8) is 0 Å². The Balaban J connectivity index is 2.24. The second-order valence-corrected chi connectivity index (χ2v) is 5.34. The van der Waals surface area contributed by atoms with Crippen molar-refractivity contribution >= 4 is 11.3 Å². The lowest BCUT2D eigenvalue weighted by Crippen LogP contribution is -2.47. The van der Waals surface area contributed by atoms with Gasteiger partial charge in [-0.05, 0) is 33.2 Å². The van der Waals surface area contributed by atoms with Crippen molar-refractivity contribution in [1.82, 2.24) is 10.3 Å². The lowest BCUT2D eigenvalue weighted by molar-refractivity contribution is -0.0303. The third kappa shape index (κ3) is 2.14. The number of nitrogens with zero attached hydrogens (tertiary/aromatic N) is 1. The number of hydrogen-bond donors (Lipinski definition) is 1. The quantitative estimate of drug-likeness (QED) is 0.881. The minimum atomic E-state index is 0.0395. The highest BCUT2D eigenvalue weighted by Crippen LogP contribution is 2.36. The molecule has 0 amide bonds. The van der Waals surface area contributed by atoms with Gasteiger partial charge in [-0.15, -0.1) is 11.3 Å². The van der Waals surface area contributed by atoms with Gasteiger partial charge in [-0.25, -0.2) is 4.98 Å². The first-order valence-electron chi connectivity index (χ1n) is 5.93. The Morgan fingerprint density at radius 3 is 3.06 bits per heavy atom. The molecule has 0 saturated carbocycles. The van der Waals surface area contributed by atoms with E-state index in [9.17, 15) is 0 Å². The summed E-state index contributed by atoms with van der Waals surface area (Å²) in [6.07, 6.45) is 3.50. The maximum absolute atomic E-state index is 5.75. The molecule has 2 rings (SSSR count). The van der Waals surface area contributed by atoms with Crippen LogP contribution in [-0.2, 0) is 10.3 Å². The molecule has 0 bridgehead atoms. The fourth-order valence-corrected chi connectivity index (χ4v) is 3.36. The molecule has 2 atom stereocenters. The summed E-state index contributed by atoms with van der Waals surface area (Å²) < 4.78 is 5.75. The second-order valence-electron chi connectivity index (χ2n) is 4.48. The normalized spacial score (nSPS) is 30.6. The number of hydrogen-bond acceptors (Lipinski definition) is 4. The Morgan fingerprint density at radius 1 is 1.69 bits per heavy atom. The summed E-state index contributed by atoms with van der Waals surface area (Å²) in [7, 11) is 2.04. The third-order valence-electron chi connectivity index (χ3n) is 3.42. The summed E-state index contributed by atoms with van der Waals surface area (Å²) in [5.41, 5.74) is 1.16. The van der Waals surface area contributed by atoms with Crippen LogP contribution < -0.4 is 5.32 Å². The SMILES string of the molecule is CCC1CC(NC)(c2nc(C)cs2)CCO1. The Labute approximate surface area is 101 Å². The van der Waals surface area contributed by atoms with E-state index in [1.54, 1.807) is 11.3 Å². The van der Waals surface area contributed by atoms with Crippen LogP contribution in [0.1, 0.15) is 36.9 Å². The average Bonchev–Trinajstić information content (AvgIpc) is 2.76. The number of nitrogens with one attached hydrogen (secondary N) is 1. The Kier molecular flexibility index (Phi) is 3.62. The highest BCUT2D eigenvalue weighted by atomic mass is 32.1. The number of thiazole rings is 1. The van der Waals surface area contributed by atoms with Crippen molar-refractivity contribution in [2.75, 3.05) is 13.7 Å². The molecular weight excluding hydrogens is 220 g/mol. The summed E-state index contributed by atoms with van der Waals surface area (Å²) in [4.78, 5) is 4.65. The van der Waals surface area contributed by atoms with E-state index >= 15 is 0 Å². The van der Waals surface area contributed by atoms with E-state index in [-0.39, 0.29) is 5.54 Å². The van der Waals surface area contributed by atoms with Gasteiger partial charge in [-0.1, -0.05) is 6.92 Å². The van der Waals surface area contributed by atoms with Gasteiger partial charge in [-0.3, -0.25) is 0 Å². The number of ether oxygens (including phenoxy) is 1. The van der Waals surface area contributed by atoms with Crippen molar-refractivity contribution in [2.24, 2.45) is 0 Å². The maximum atomic E-state index is 5.75. The zero-order valence-electron chi connectivity index (χ0n) is 10.2. The van der Waals surface area contributed by atoms with Gasteiger partial charge < -0.3 is 10.1 Å². The zero-order valence-corrected chi connectivity index (χ0v) is 11.1. The molecule has 4 heteroatoms. The second kappa shape index (κ2) is 4.82. The van der Waals surface area contributed by atoms with E-state index in [2.05, 4.69) is 29.5 Å². The predicted molar refractivity (Wildman–Crippen MR) is 66.9 cm³/mol. The van der Waals surface area contributed by atoms with Gasteiger partial charge in [0.25, 0.3) is 0 Å². The van der Waals surface area contributed by atoms with Crippen LogP contribution >= 0.6 is 11.3 Å². The molecule has 2 unspecified atom stereocenters. The lowest BCUT2D eigenvalue weighted by atomic mass is 9.86. The van der Waals surface area contributed by atoms with Gasteiger partial charge in [0, 0.05) is 17.7 Å². The van der Waals surface area contributed by atoms with Gasteiger partial charge >= 0.3 is 0 Å². The predicted octanol–water partition coefficient (Wildman–Crippen LogP) is 2.46. The molecule has 1 fully saturated rings. The van der Waals surface area contributed by atoms with Crippen molar-refractivity contribution < 1.29 is 4.74 Å². The minimum absolute atomic E-state index is 0.0395. The molecule has 2 heterocycles. The lowest BCUT2D eigenvalue weighted by Gasteiger charge is -2.39. The van der Waals surface area contributed by atoms with Gasteiger partial charge in [0.05, 0.1) is 11.6 Å². The van der Waals surface area contributed by atoms with Crippen LogP contribution in [0.15, 0.2) is 5.38 Å². The van der Waals surface area contributed by atoms with E-state index in [1.165, 1.54) is 5.01 Å². The van der Waals surface area contributed by atoms with Crippen molar-refractivity contribution in [3.05, 3.63) is 16.1 Å². The standard InChI is InChI=1S/C12H20N2OS/c1-4-10-7-12(13-3,5-6-15-10)11-14-9(2)8-16-11/h8,10,13H,4-7H2,1-3H3.